The average molecular weight is 248 g/mol. The first-order valence-corrected chi connectivity index (χ1v) is 5.95. The van der Waals surface area contributed by atoms with Crippen molar-refractivity contribution in [1.82, 2.24) is 0 Å². The quantitative estimate of drug-likeness (QED) is 0.622. The van der Waals surface area contributed by atoms with Crippen LogP contribution in [0.3, 0.4) is 0 Å². The molecule has 0 heterocycles. The maximum Gasteiger partial charge on any atom is 0.127 e. The van der Waals surface area contributed by atoms with Crippen LogP contribution in [0.5, 0.6) is 0 Å². The summed E-state index contributed by atoms with van der Waals surface area (Å²) < 4.78 is 13.4. The molecule has 0 nitrogen and oxygen atoms in total. The molecule has 0 aromatic heterocycles. The molecule has 0 aliphatic heterocycles. The van der Waals surface area contributed by atoms with Gasteiger partial charge < -0.3 is 0 Å². The second-order valence-electron chi connectivity index (χ2n) is 4.39. The lowest BCUT2D eigenvalue weighted by Gasteiger charge is -1.99. The first-order chi connectivity index (χ1) is 9.10. The van der Waals surface area contributed by atoms with E-state index in [-0.39, 0.29) is 5.82 Å². The topological polar surface area (TPSA) is 0 Å². The SMILES string of the molecule is C#Cc1ccc(C#Cc2ccc(C)c(F)c2)c(C)c1. The molecule has 0 saturated carbocycles. The van der Waals surface area contributed by atoms with E-state index in [0.29, 0.717) is 11.1 Å². The van der Waals surface area contributed by atoms with E-state index in [1.165, 1.54) is 6.07 Å². The van der Waals surface area contributed by atoms with Gasteiger partial charge in [0.05, 0.1) is 0 Å². The molecule has 1 heteroatoms. The normalized spacial score (nSPS) is 9.37. The second-order valence-corrected chi connectivity index (χ2v) is 4.39. The van der Waals surface area contributed by atoms with Gasteiger partial charge in [-0.1, -0.05) is 23.8 Å². The van der Waals surface area contributed by atoms with Crippen molar-refractivity contribution in [2.24, 2.45) is 0 Å². The van der Waals surface area contributed by atoms with Crippen LogP contribution in [0.2, 0.25) is 0 Å². The molecule has 0 aliphatic carbocycles. The monoisotopic (exact) mass is 248 g/mol. The van der Waals surface area contributed by atoms with Gasteiger partial charge in [0, 0.05) is 16.7 Å². The van der Waals surface area contributed by atoms with Crippen molar-refractivity contribution in [1.29, 1.82) is 0 Å². The fourth-order valence-corrected chi connectivity index (χ4v) is 1.70. The van der Waals surface area contributed by atoms with Crippen LogP contribution in [0, 0.1) is 43.8 Å². The molecule has 2 aromatic carbocycles. The van der Waals surface area contributed by atoms with Crippen molar-refractivity contribution >= 4 is 0 Å². The molecule has 0 amide bonds. The lowest BCUT2D eigenvalue weighted by Crippen LogP contribution is -1.86. The Hall–Kier alpha value is -2.51. The van der Waals surface area contributed by atoms with Gasteiger partial charge in [-0.15, -0.1) is 6.42 Å². The molecule has 0 N–H and O–H groups in total. The Bertz CT molecular complexity index is 722. The Balaban J connectivity index is 2.34. The first kappa shape index (κ1) is 12.9. The highest BCUT2D eigenvalue weighted by molar-refractivity contribution is 5.49. The Kier molecular flexibility index (Phi) is 3.69. The number of hydrogen-bond donors (Lipinski definition) is 0. The molecule has 0 atom stereocenters. The standard InChI is InChI=1S/C18H13F/c1-4-15-7-9-17(14(3)11-15)10-8-16-6-5-13(2)18(19)12-16/h1,5-7,9,11-12H,2-3H3. The summed E-state index contributed by atoms with van der Waals surface area (Å²) in [7, 11) is 0. The molecule has 0 aliphatic rings. The van der Waals surface area contributed by atoms with Gasteiger partial charge >= 0.3 is 0 Å². The van der Waals surface area contributed by atoms with Gasteiger partial charge in [0.1, 0.15) is 5.82 Å². The third kappa shape index (κ3) is 3.03. The minimum Gasteiger partial charge on any atom is -0.207 e. The van der Waals surface area contributed by atoms with E-state index in [1.807, 2.05) is 31.2 Å². The number of aryl methyl sites for hydroxylation is 2. The molecule has 0 saturated heterocycles. The van der Waals surface area contributed by atoms with Crippen LogP contribution in [0.1, 0.15) is 27.8 Å². The molecule has 0 bridgehead atoms. The van der Waals surface area contributed by atoms with E-state index in [9.17, 15) is 4.39 Å². The van der Waals surface area contributed by atoms with Crippen molar-refractivity contribution in [3.63, 3.8) is 0 Å². The zero-order chi connectivity index (χ0) is 13.8. The van der Waals surface area contributed by atoms with E-state index in [2.05, 4.69) is 17.8 Å². The summed E-state index contributed by atoms with van der Waals surface area (Å²) in [5.74, 6) is 8.36. The van der Waals surface area contributed by atoms with E-state index >= 15 is 0 Å². The summed E-state index contributed by atoms with van der Waals surface area (Å²) in [5.41, 5.74) is 4.06. The van der Waals surface area contributed by atoms with E-state index in [1.54, 1.807) is 13.0 Å². The Morgan fingerprint density at radius 2 is 1.63 bits per heavy atom. The summed E-state index contributed by atoms with van der Waals surface area (Å²) in [6.07, 6.45) is 5.34. The molecule has 92 valence electrons. The van der Waals surface area contributed by atoms with Crippen LogP contribution >= 0.6 is 0 Å². The van der Waals surface area contributed by atoms with Gasteiger partial charge in [-0.3, -0.25) is 0 Å². The van der Waals surface area contributed by atoms with E-state index in [4.69, 9.17) is 6.42 Å². The van der Waals surface area contributed by atoms with Crippen molar-refractivity contribution in [3.05, 3.63) is 70.0 Å². The highest BCUT2D eigenvalue weighted by Gasteiger charge is 1.98. The Morgan fingerprint density at radius 3 is 2.26 bits per heavy atom. The smallest absolute Gasteiger partial charge is 0.127 e. The highest BCUT2D eigenvalue weighted by Crippen LogP contribution is 2.11. The van der Waals surface area contributed by atoms with Crippen molar-refractivity contribution in [2.45, 2.75) is 13.8 Å². The van der Waals surface area contributed by atoms with E-state index < -0.39 is 0 Å². The molecule has 0 radical (unpaired) electrons. The summed E-state index contributed by atoms with van der Waals surface area (Å²) in [6, 6.07) is 10.7. The molecule has 2 aromatic rings. The van der Waals surface area contributed by atoms with Crippen molar-refractivity contribution in [3.8, 4) is 24.2 Å². The van der Waals surface area contributed by atoms with Crippen LogP contribution in [0.4, 0.5) is 4.39 Å². The van der Waals surface area contributed by atoms with Gasteiger partial charge in [-0.05, 0) is 55.3 Å². The molecular weight excluding hydrogens is 235 g/mol. The van der Waals surface area contributed by atoms with Gasteiger partial charge in [0.15, 0.2) is 0 Å². The molecule has 2 rings (SSSR count). The maximum atomic E-state index is 13.4. The molecule has 19 heavy (non-hydrogen) atoms. The van der Waals surface area contributed by atoms with Crippen LogP contribution in [0.25, 0.3) is 0 Å². The number of terminal acetylenes is 1. The highest BCUT2D eigenvalue weighted by atomic mass is 19.1. The number of rotatable bonds is 0. The number of benzene rings is 2. The van der Waals surface area contributed by atoms with Crippen LogP contribution in [0.15, 0.2) is 36.4 Å². The lowest BCUT2D eigenvalue weighted by atomic mass is 10.1. The van der Waals surface area contributed by atoms with Crippen molar-refractivity contribution < 1.29 is 4.39 Å². The maximum absolute atomic E-state index is 13.4. The summed E-state index contributed by atoms with van der Waals surface area (Å²) in [5, 5.41) is 0. The summed E-state index contributed by atoms with van der Waals surface area (Å²) in [6.45, 7) is 3.69. The predicted octanol–water partition coefficient (Wildman–Crippen LogP) is 3.82. The first-order valence-electron chi connectivity index (χ1n) is 5.95. The zero-order valence-electron chi connectivity index (χ0n) is 10.9. The molecule has 0 spiro atoms. The fourth-order valence-electron chi connectivity index (χ4n) is 1.70. The molecular formula is C18H13F. The van der Waals surface area contributed by atoms with Crippen LogP contribution in [-0.2, 0) is 0 Å². The second kappa shape index (κ2) is 5.42. The zero-order valence-corrected chi connectivity index (χ0v) is 10.9. The minimum absolute atomic E-state index is 0.230. The Morgan fingerprint density at radius 1 is 0.895 bits per heavy atom. The third-order valence-electron chi connectivity index (χ3n) is 2.91. The minimum atomic E-state index is -0.230. The predicted molar refractivity (Wildman–Crippen MR) is 76.2 cm³/mol. The number of hydrogen-bond acceptors (Lipinski definition) is 0. The van der Waals surface area contributed by atoms with Gasteiger partial charge in [-0.2, -0.15) is 0 Å². The van der Waals surface area contributed by atoms with Crippen LogP contribution < -0.4 is 0 Å². The molecule has 0 fully saturated rings. The molecule has 0 unspecified atom stereocenters. The largest absolute Gasteiger partial charge is 0.207 e. The number of halogens is 1. The summed E-state index contributed by atoms with van der Waals surface area (Å²) >= 11 is 0. The summed E-state index contributed by atoms with van der Waals surface area (Å²) in [4.78, 5) is 0. The van der Waals surface area contributed by atoms with E-state index in [0.717, 1.165) is 16.7 Å². The fraction of sp³-hybridized carbons (Fsp3) is 0.111. The average Bonchev–Trinajstić information content (AvgIpc) is 2.41. The Labute approximate surface area is 113 Å². The van der Waals surface area contributed by atoms with Crippen molar-refractivity contribution in [2.75, 3.05) is 0 Å². The van der Waals surface area contributed by atoms with Gasteiger partial charge in [0.2, 0.25) is 0 Å². The lowest BCUT2D eigenvalue weighted by molar-refractivity contribution is 0.618. The third-order valence-corrected chi connectivity index (χ3v) is 2.91. The van der Waals surface area contributed by atoms with Gasteiger partial charge in [-0.25, -0.2) is 4.39 Å². The van der Waals surface area contributed by atoms with Crippen LogP contribution in [-0.4, -0.2) is 0 Å². The van der Waals surface area contributed by atoms with Gasteiger partial charge in [0.25, 0.3) is 0 Å².